The van der Waals surface area contributed by atoms with Crippen LogP contribution in [0.1, 0.15) is 19.4 Å². The smallest absolute Gasteiger partial charge is 0.305 e. The fourth-order valence-electron chi connectivity index (χ4n) is 1.43. The second-order valence-electron chi connectivity index (χ2n) is 3.70. The fraction of sp³-hybridized carbons (Fsp3) is 0.385. The van der Waals surface area contributed by atoms with Crippen molar-refractivity contribution in [1.82, 2.24) is 0 Å². The Morgan fingerprint density at radius 1 is 1.06 bits per heavy atom. The maximum atomic E-state index is 10.9. The molecule has 0 atom stereocenters. The third-order valence-electron chi connectivity index (χ3n) is 2.16. The number of ether oxygens (including phenoxy) is 3. The van der Waals surface area contributed by atoms with Gasteiger partial charge in [-0.1, -0.05) is 12.1 Å². The summed E-state index contributed by atoms with van der Waals surface area (Å²) in [4.78, 5) is 21.8. The van der Waals surface area contributed by atoms with Crippen molar-refractivity contribution in [1.29, 1.82) is 0 Å². The molecule has 5 heteroatoms. The Balaban J connectivity index is 2.68. The minimum atomic E-state index is -0.895. The molecule has 0 radical (unpaired) electrons. The molecule has 0 saturated carbocycles. The summed E-state index contributed by atoms with van der Waals surface area (Å²) in [5, 5.41) is 0. The lowest BCUT2D eigenvalue weighted by atomic mass is 10.1. The van der Waals surface area contributed by atoms with Gasteiger partial charge in [0, 0.05) is 20.3 Å². The lowest BCUT2D eigenvalue weighted by Crippen LogP contribution is -2.24. The van der Waals surface area contributed by atoms with Crippen LogP contribution in [-0.2, 0) is 25.5 Å². The van der Waals surface area contributed by atoms with E-state index in [4.69, 9.17) is 14.2 Å². The fourth-order valence-corrected chi connectivity index (χ4v) is 1.43. The van der Waals surface area contributed by atoms with Crippen LogP contribution in [0.25, 0.3) is 0 Å². The van der Waals surface area contributed by atoms with Crippen LogP contribution in [0.15, 0.2) is 24.3 Å². The highest BCUT2D eigenvalue weighted by Crippen LogP contribution is 2.14. The summed E-state index contributed by atoms with van der Waals surface area (Å²) in [7, 11) is 1.58. The maximum Gasteiger partial charge on any atom is 0.305 e. The van der Waals surface area contributed by atoms with Crippen molar-refractivity contribution in [3.05, 3.63) is 29.8 Å². The topological polar surface area (TPSA) is 61.8 Å². The Labute approximate surface area is 106 Å². The number of hydrogen-bond acceptors (Lipinski definition) is 5. The second kappa shape index (κ2) is 6.64. The molecule has 0 aliphatic heterocycles. The van der Waals surface area contributed by atoms with E-state index in [1.165, 1.54) is 13.8 Å². The van der Waals surface area contributed by atoms with E-state index in [9.17, 15) is 9.59 Å². The lowest BCUT2D eigenvalue weighted by molar-refractivity contribution is -0.184. The van der Waals surface area contributed by atoms with Crippen molar-refractivity contribution in [3.8, 4) is 5.75 Å². The van der Waals surface area contributed by atoms with E-state index in [1.54, 1.807) is 19.2 Å². The molecule has 0 amide bonds. The molecular formula is C13H16O5. The molecule has 5 nitrogen and oxygen atoms in total. The molecule has 18 heavy (non-hydrogen) atoms. The summed E-state index contributed by atoms with van der Waals surface area (Å²) in [6, 6.07) is 7.21. The van der Waals surface area contributed by atoms with Crippen LogP contribution in [0.2, 0.25) is 0 Å². The van der Waals surface area contributed by atoms with E-state index in [-0.39, 0.29) is 0 Å². The van der Waals surface area contributed by atoms with Gasteiger partial charge in [-0.05, 0) is 17.7 Å². The predicted octanol–water partition coefficient (Wildman–Crippen LogP) is 1.69. The molecule has 98 valence electrons. The summed E-state index contributed by atoms with van der Waals surface area (Å²) >= 11 is 0. The van der Waals surface area contributed by atoms with E-state index >= 15 is 0 Å². The molecule has 0 unspecified atom stereocenters. The molecule has 1 aromatic rings. The van der Waals surface area contributed by atoms with E-state index in [0.717, 1.165) is 11.3 Å². The number of rotatable bonds is 5. The molecule has 0 aliphatic rings. The summed E-state index contributed by atoms with van der Waals surface area (Å²) in [6.45, 7) is 2.54. The number of benzene rings is 1. The first-order valence-electron chi connectivity index (χ1n) is 5.48. The average molecular weight is 252 g/mol. The molecule has 0 saturated heterocycles. The van der Waals surface area contributed by atoms with Gasteiger partial charge < -0.3 is 14.2 Å². The van der Waals surface area contributed by atoms with Crippen LogP contribution in [0.5, 0.6) is 5.75 Å². The normalized spacial score (nSPS) is 10.0. The summed E-state index contributed by atoms with van der Waals surface area (Å²) in [6.07, 6.45) is -0.586. The zero-order chi connectivity index (χ0) is 13.5. The Bertz CT molecular complexity index is 394. The molecule has 0 bridgehead atoms. The van der Waals surface area contributed by atoms with Gasteiger partial charge in [0.1, 0.15) is 5.75 Å². The first-order valence-corrected chi connectivity index (χ1v) is 5.48. The highest BCUT2D eigenvalue weighted by molar-refractivity contribution is 5.68. The lowest BCUT2D eigenvalue weighted by Gasteiger charge is -2.16. The zero-order valence-electron chi connectivity index (χ0n) is 10.6. The Kier molecular flexibility index (Phi) is 5.17. The van der Waals surface area contributed by atoms with Crippen LogP contribution in [0.4, 0.5) is 0 Å². The van der Waals surface area contributed by atoms with Crippen LogP contribution in [0.3, 0.4) is 0 Å². The SMILES string of the molecule is COc1ccc(CC(OC(C)=O)OC(C)=O)cc1. The van der Waals surface area contributed by atoms with Gasteiger partial charge in [-0.3, -0.25) is 9.59 Å². The maximum absolute atomic E-state index is 10.9. The number of carbonyl (C=O) groups is 2. The van der Waals surface area contributed by atoms with Gasteiger partial charge in [0.05, 0.1) is 7.11 Å². The Morgan fingerprint density at radius 3 is 1.94 bits per heavy atom. The van der Waals surface area contributed by atoms with Crippen LogP contribution in [-0.4, -0.2) is 25.3 Å². The molecule has 1 rings (SSSR count). The van der Waals surface area contributed by atoms with E-state index in [0.29, 0.717) is 6.42 Å². The molecular weight excluding hydrogens is 236 g/mol. The second-order valence-corrected chi connectivity index (χ2v) is 3.70. The standard InChI is InChI=1S/C13H16O5/c1-9(14)17-13(18-10(2)15)8-11-4-6-12(16-3)7-5-11/h4-7,13H,8H2,1-3H3. The third kappa shape index (κ3) is 4.86. The number of esters is 2. The summed E-state index contributed by atoms with van der Waals surface area (Å²) in [5.74, 6) is -0.250. The van der Waals surface area contributed by atoms with Gasteiger partial charge in [-0.15, -0.1) is 0 Å². The van der Waals surface area contributed by atoms with Gasteiger partial charge in [0.25, 0.3) is 6.29 Å². The quantitative estimate of drug-likeness (QED) is 0.589. The number of carbonyl (C=O) groups excluding carboxylic acids is 2. The van der Waals surface area contributed by atoms with E-state index in [1.807, 2.05) is 12.1 Å². The summed E-state index contributed by atoms with van der Waals surface area (Å²) < 4.78 is 14.8. The first-order chi connectivity index (χ1) is 8.51. The average Bonchev–Trinajstić information content (AvgIpc) is 2.28. The largest absolute Gasteiger partial charge is 0.497 e. The molecule has 0 heterocycles. The third-order valence-corrected chi connectivity index (χ3v) is 2.16. The van der Waals surface area contributed by atoms with Crippen LogP contribution in [0, 0.1) is 0 Å². The predicted molar refractivity (Wildman–Crippen MR) is 64.0 cm³/mol. The minimum Gasteiger partial charge on any atom is -0.497 e. The molecule has 0 aromatic heterocycles. The van der Waals surface area contributed by atoms with Crippen molar-refractivity contribution in [2.75, 3.05) is 7.11 Å². The highest BCUT2D eigenvalue weighted by Gasteiger charge is 2.15. The van der Waals surface area contributed by atoms with Gasteiger partial charge in [-0.25, -0.2) is 0 Å². The van der Waals surface area contributed by atoms with E-state index < -0.39 is 18.2 Å². The van der Waals surface area contributed by atoms with Crippen molar-refractivity contribution in [3.63, 3.8) is 0 Å². The summed E-state index contributed by atoms with van der Waals surface area (Å²) in [5.41, 5.74) is 0.878. The van der Waals surface area contributed by atoms with E-state index in [2.05, 4.69) is 0 Å². The van der Waals surface area contributed by atoms with Crippen molar-refractivity contribution >= 4 is 11.9 Å². The number of methoxy groups -OCH3 is 1. The Morgan fingerprint density at radius 2 is 1.56 bits per heavy atom. The van der Waals surface area contributed by atoms with Crippen molar-refractivity contribution < 1.29 is 23.8 Å². The Hall–Kier alpha value is -2.04. The molecule has 0 spiro atoms. The molecule has 0 fully saturated rings. The number of hydrogen-bond donors (Lipinski definition) is 0. The minimum absolute atomic E-state index is 0.309. The van der Waals surface area contributed by atoms with Gasteiger partial charge in [0.15, 0.2) is 0 Å². The molecule has 0 N–H and O–H groups in total. The monoisotopic (exact) mass is 252 g/mol. The zero-order valence-corrected chi connectivity index (χ0v) is 10.6. The van der Waals surface area contributed by atoms with Gasteiger partial charge in [-0.2, -0.15) is 0 Å². The van der Waals surface area contributed by atoms with Crippen LogP contribution >= 0.6 is 0 Å². The molecule has 1 aromatic carbocycles. The van der Waals surface area contributed by atoms with Gasteiger partial charge in [0.2, 0.25) is 0 Å². The first kappa shape index (κ1) is 14.0. The van der Waals surface area contributed by atoms with Crippen LogP contribution < -0.4 is 4.74 Å². The van der Waals surface area contributed by atoms with Crippen molar-refractivity contribution in [2.45, 2.75) is 26.6 Å². The highest BCUT2D eigenvalue weighted by atomic mass is 16.7. The molecule has 0 aliphatic carbocycles. The van der Waals surface area contributed by atoms with Crippen molar-refractivity contribution in [2.24, 2.45) is 0 Å². The van der Waals surface area contributed by atoms with Gasteiger partial charge >= 0.3 is 11.9 Å².